The van der Waals surface area contributed by atoms with Gasteiger partial charge in [0.2, 0.25) is 0 Å². The molecule has 0 radical (unpaired) electrons. The lowest BCUT2D eigenvalue weighted by Gasteiger charge is -2.04. The molecule has 1 heteroatoms. The average Bonchev–Trinajstić information content (AvgIpc) is 2.88. The number of rotatable bonds is 3. The van der Waals surface area contributed by atoms with E-state index in [4.69, 9.17) is 6.42 Å². The van der Waals surface area contributed by atoms with Crippen LogP contribution in [0.5, 0.6) is 0 Å². The predicted octanol–water partition coefficient (Wildman–Crippen LogP) is 2.41. The summed E-state index contributed by atoms with van der Waals surface area (Å²) in [6, 6.07) is 0. The van der Waals surface area contributed by atoms with Crippen LogP contribution >= 0.6 is 0 Å². The number of fused-ring (bicyclic) bond motifs is 1. The standard InChI is InChI=1S/C12H16O/c1-2-3-8-11(13)12-9-6-4-5-7-10(9)12/h1,9-10,12H,3-8H2. The van der Waals surface area contributed by atoms with E-state index in [0.717, 1.165) is 11.8 Å². The Kier molecular flexibility index (Phi) is 2.40. The number of hydrogen-bond donors (Lipinski definition) is 0. The van der Waals surface area contributed by atoms with Crippen LogP contribution in [-0.4, -0.2) is 5.78 Å². The molecule has 0 aliphatic heterocycles. The molecule has 13 heavy (non-hydrogen) atoms. The fraction of sp³-hybridized carbons (Fsp3) is 0.750. The molecule has 0 bridgehead atoms. The van der Waals surface area contributed by atoms with Gasteiger partial charge in [0.1, 0.15) is 5.78 Å². The van der Waals surface area contributed by atoms with Gasteiger partial charge in [-0.05, 0) is 24.7 Å². The van der Waals surface area contributed by atoms with Gasteiger partial charge in [0.05, 0.1) is 0 Å². The fourth-order valence-corrected chi connectivity index (χ4v) is 2.83. The zero-order valence-electron chi connectivity index (χ0n) is 7.96. The van der Waals surface area contributed by atoms with E-state index in [0.29, 0.717) is 24.5 Å². The molecule has 0 saturated heterocycles. The first-order valence-corrected chi connectivity index (χ1v) is 5.31. The van der Waals surface area contributed by atoms with E-state index < -0.39 is 0 Å². The predicted molar refractivity (Wildman–Crippen MR) is 52.0 cm³/mol. The Hall–Kier alpha value is -0.770. The first-order valence-electron chi connectivity index (χ1n) is 5.31. The summed E-state index contributed by atoms with van der Waals surface area (Å²) < 4.78 is 0. The van der Waals surface area contributed by atoms with Crippen LogP contribution in [0.25, 0.3) is 0 Å². The molecule has 0 aromatic carbocycles. The van der Waals surface area contributed by atoms with Crippen molar-refractivity contribution in [3.05, 3.63) is 0 Å². The van der Waals surface area contributed by atoms with Crippen LogP contribution in [-0.2, 0) is 4.79 Å². The lowest BCUT2D eigenvalue weighted by atomic mass is 10.0. The SMILES string of the molecule is C#CCCC(=O)C1C2CCCCC21. The Labute approximate surface area is 79.9 Å². The van der Waals surface area contributed by atoms with E-state index in [2.05, 4.69) is 5.92 Å². The van der Waals surface area contributed by atoms with E-state index in [1.165, 1.54) is 25.7 Å². The van der Waals surface area contributed by atoms with E-state index >= 15 is 0 Å². The Bertz CT molecular complexity index is 236. The van der Waals surface area contributed by atoms with Crippen molar-refractivity contribution >= 4 is 5.78 Å². The van der Waals surface area contributed by atoms with Crippen molar-refractivity contribution in [1.29, 1.82) is 0 Å². The lowest BCUT2D eigenvalue weighted by Crippen LogP contribution is -2.02. The second kappa shape index (κ2) is 3.54. The van der Waals surface area contributed by atoms with Crippen molar-refractivity contribution in [3.8, 4) is 12.3 Å². The van der Waals surface area contributed by atoms with Gasteiger partial charge in [-0.3, -0.25) is 4.79 Å². The Morgan fingerprint density at radius 3 is 2.46 bits per heavy atom. The minimum absolute atomic E-state index is 0.413. The second-order valence-electron chi connectivity index (χ2n) is 4.31. The van der Waals surface area contributed by atoms with E-state index in [1.807, 2.05) is 0 Å². The highest BCUT2D eigenvalue weighted by Crippen LogP contribution is 2.56. The molecule has 2 aliphatic carbocycles. The van der Waals surface area contributed by atoms with Crippen molar-refractivity contribution in [2.75, 3.05) is 0 Å². The molecule has 0 amide bonds. The molecule has 0 N–H and O–H groups in total. The van der Waals surface area contributed by atoms with Gasteiger partial charge in [-0.2, -0.15) is 0 Å². The number of terminal acetylenes is 1. The highest BCUT2D eigenvalue weighted by atomic mass is 16.1. The maximum atomic E-state index is 11.6. The van der Waals surface area contributed by atoms with Gasteiger partial charge in [0.15, 0.2) is 0 Å². The normalized spacial score (nSPS) is 36.1. The van der Waals surface area contributed by atoms with Crippen molar-refractivity contribution in [2.45, 2.75) is 38.5 Å². The molecule has 0 spiro atoms. The minimum Gasteiger partial charge on any atom is -0.299 e. The third-order valence-corrected chi connectivity index (χ3v) is 3.54. The molecule has 70 valence electrons. The van der Waals surface area contributed by atoms with Gasteiger partial charge < -0.3 is 0 Å². The molecule has 0 aromatic rings. The summed E-state index contributed by atoms with van der Waals surface area (Å²) in [5.74, 6) is 4.89. The van der Waals surface area contributed by atoms with Crippen LogP contribution in [0.15, 0.2) is 0 Å². The van der Waals surface area contributed by atoms with Crippen LogP contribution in [0.3, 0.4) is 0 Å². The van der Waals surface area contributed by atoms with Crippen LogP contribution in [0.2, 0.25) is 0 Å². The van der Waals surface area contributed by atoms with Gasteiger partial charge >= 0.3 is 0 Å². The van der Waals surface area contributed by atoms with E-state index in [1.54, 1.807) is 0 Å². The van der Waals surface area contributed by atoms with Gasteiger partial charge in [0.25, 0.3) is 0 Å². The molecule has 2 saturated carbocycles. The third-order valence-electron chi connectivity index (χ3n) is 3.54. The second-order valence-corrected chi connectivity index (χ2v) is 4.31. The minimum atomic E-state index is 0.413. The van der Waals surface area contributed by atoms with Crippen LogP contribution in [0, 0.1) is 30.1 Å². The highest BCUT2D eigenvalue weighted by molar-refractivity contribution is 5.84. The monoisotopic (exact) mass is 176 g/mol. The summed E-state index contributed by atoms with van der Waals surface area (Å²) in [4.78, 5) is 11.6. The first-order chi connectivity index (χ1) is 6.34. The summed E-state index contributed by atoms with van der Waals surface area (Å²) in [5, 5.41) is 0. The molecule has 0 aromatic heterocycles. The zero-order chi connectivity index (χ0) is 9.26. The van der Waals surface area contributed by atoms with Gasteiger partial charge in [-0.15, -0.1) is 12.3 Å². The molecular formula is C12H16O. The first kappa shape index (κ1) is 8.81. The molecule has 0 heterocycles. The topological polar surface area (TPSA) is 17.1 Å². The number of carbonyl (C=O) groups excluding carboxylic acids is 1. The molecule has 2 rings (SSSR count). The lowest BCUT2D eigenvalue weighted by molar-refractivity contribution is -0.120. The van der Waals surface area contributed by atoms with Gasteiger partial charge in [0, 0.05) is 18.8 Å². The average molecular weight is 176 g/mol. The quantitative estimate of drug-likeness (QED) is 0.603. The van der Waals surface area contributed by atoms with Crippen LogP contribution in [0.1, 0.15) is 38.5 Å². The largest absolute Gasteiger partial charge is 0.299 e. The summed E-state index contributed by atoms with van der Waals surface area (Å²) in [7, 11) is 0. The number of carbonyl (C=O) groups is 1. The third kappa shape index (κ3) is 1.63. The van der Waals surface area contributed by atoms with Crippen molar-refractivity contribution < 1.29 is 4.79 Å². The number of ketones is 1. The summed E-state index contributed by atoms with van der Waals surface area (Å²) in [5.41, 5.74) is 0. The Morgan fingerprint density at radius 1 is 1.31 bits per heavy atom. The van der Waals surface area contributed by atoms with Crippen molar-refractivity contribution in [3.63, 3.8) is 0 Å². The van der Waals surface area contributed by atoms with E-state index in [9.17, 15) is 4.79 Å². The smallest absolute Gasteiger partial charge is 0.137 e. The summed E-state index contributed by atoms with van der Waals surface area (Å²) in [6.07, 6.45) is 11.6. The summed E-state index contributed by atoms with van der Waals surface area (Å²) >= 11 is 0. The van der Waals surface area contributed by atoms with Crippen LogP contribution in [0.4, 0.5) is 0 Å². The highest BCUT2D eigenvalue weighted by Gasteiger charge is 2.53. The maximum Gasteiger partial charge on any atom is 0.137 e. The van der Waals surface area contributed by atoms with Crippen LogP contribution < -0.4 is 0 Å². The van der Waals surface area contributed by atoms with Crippen molar-refractivity contribution in [1.82, 2.24) is 0 Å². The van der Waals surface area contributed by atoms with Gasteiger partial charge in [-0.1, -0.05) is 12.8 Å². The molecule has 2 fully saturated rings. The molecule has 2 atom stereocenters. The Morgan fingerprint density at radius 2 is 1.92 bits per heavy atom. The number of hydrogen-bond acceptors (Lipinski definition) is 1. The maximum absolute atomic E-state index is 11.6. The van der Waals surface area contributed by atoms with E-state index in [-0.39, 0.29) is 0 Å². The zero-order valence-corrected chi connectivity index (χ0v) is 7.96. The number of Topliss-reactive ketones (excluding diaryl/α,β-unsaturated/α-hetero) is 1. The molecule has 2 aliphatic rings. The van der Waals surface area contributed by atoms with Gasteiger partial charge in [-0.25, -0.2) is 0 Å². The molecular weight excluding hydrogens is 160 g/mol. The summed E-state index contributed by atoms with van der Waals surface area (Å²) in [6.45, 7) is 0. The van der Waals surface area contributed by atoms with Crippen molar-refractivity contribution in [2.24, 2.45) is 17.8 Å². The Balaban J connectivity index is 1.83. The molecule has 1 nitrogen and oxygen atoms in total. The fourth-order valence-electron chi connectivity index (χ4n) is 2.83. The molecule has 2 unspecified atom stereocenters.